The Labute approximate surface area is 127 Å². The first-order chi connectivity index (χ1) is 9.75. The summed E-state index contributed by atoms with van der Waals surface area (Å²) >= 11 is 0. The number of nitrogen functional groups attached to an aromatic ring is 1. The zero-order valence-electron chi connectivity index (χ0n) is 13.5. The summed E-state index contributed by atoms with van der Waals surface area (Å²) < 4.78 is 1.94. The second-order valence-electron chi connectivity index (χ2n) is 6.53. The molecule has 0 saturated heterocycles. The van der Waals surface area contributed by atoms with Crippen molar-refractivity contribution < 1.29 is 0 Å². The van der Waals surface area contributed by atoms with Gasteiger partial charge in [0.15, 0.2) is 0 Å². The van der Waals surface area contributed by atoms with Gasteiger partial charge < -0.3 is 10.3 Å². The van der Waals surface area contributed by atoms with Gasteiger partial charge in [-0.15, -0.1) is 6.42 Å². The molecule has 0 spiro atoms. The third kappa shape index (κ3) is 2.80. The lowest BCUT2D eigenvalue weighted by molar-refractivity contribution is 0.517. The third-order valence-corrected chi connectivity index (χ3v) is 3.58. The molecule has 3 heteroatoms. The topological polar surface area (TPSA) is 43.8 Å². The van der Waals surface area contributed by atoms with E-state index in [-0.39, 0.29) is 5.41 Å². The van der Waals surface area contributed by atoms with Crippen LogP contribution in [0.2, 0.25) is 0 Å². The minimum atomic E-state index is -0.110. The van der Waals surface area contributed by atoms with E-state index in [1.807, 2.05) is 4.57 Å². The monoisotopic (exact) mass is 281 g/mol. The lowest BCUT2D eigenvalue weighted by Gasteiger charge is -2.18. The van der Waals surface area contributed by atoms with Gasteiger partial charge in [-0.2, -0.15) is 0 Å². The molecule has 2 N–H and O–H groups in total. The van der Waals surface area contributed by atoms with Gasteiger partial charge in [0.1, 0.15) is 17.3 Å². The molecular weight excluding hydrogens is 258 g/mol. The van der Waals surface area contributed by atoms with Crippen LogP contribution in [-0.4, -0.2) is 9.55 Å². The quantitative estimate of drug-likeness (QED) is 0.853. The van der Waals surface area contributed by atoms with Crippen LogP contribution in [0.3, 0.4) is 0 Å². The van der Waals surface area contributed by atoms with Crippen LogP contribution in [0.4, 0.5) is 5.82 Å². The zero-order valence-corrected chi connectivity index (χ0v) is 13.5. The van der Waals surface area contributed by atoms with Crippen LogP contribution < -0.4 is 5.73 Å². The summed E-state index contributed by atoms with van der Waals surface area (Å²) in [7, 11) is 0. The van der Waals surface area contributed by atoms with Gasteiger partial charge in [0.25, 0.3) is 0 Å². The van der Waals surface area contributed by atoms with Crippen LogP contribution >= 0.6 is 0 Å². The second-order valence-corrected chi connectivity index (χ2v) is 6.53. The molecule has 110 valence electrons. The minimum Gasteiger partial charge on any atom is -0.383 e. The average molecular weight is 281 g/mol. The molecule has 0 saturated carbocycles. The molecular formula is C18H23N3. The number of aryl methyl sites for hydroxylation is 2. The Morgan fingerprint density at radius 2 is 1.95 bits per heavy atom. The van der Waals surface area contributed by atoms with Crippen molar-refractivity contribution in [3.8, 4) is 23.6 Å². The van der Waals surface area contributed by atoms with Gasteiger partial charge in [0.05, 0.1) is 6.54 Å². The molecule has 0 bridgehead atoms. The molecule has 0 amide bonds. The summed E-state index contributed by atoms with van der Waals surface area (Å²) in [4.78, 5) is 4.81. The van der Waals surface area contributed by atoms with E-state index in [1.165, 1.54) is 5.56 Å². The SMILES string of the molecule is C#CCn1c(C(C)(C)C)nc(-c2cc(C)ccc2C)c1N. The summed E-state index contributed by atoms with van der Waals surface area (Å²) in [6, 6.07) is 6.32. The van der Waals surface area contributed by atoms with E-state index in [2.05, 4.69) is 58.7 Å². The van der Waals surface area contributed by atoms with Crippen molar-refractivity contribution >= 4 is 5.82 Å². The number of anilines is 1. The van der Waals surface area contributed by atoms with Gasteiger partial charge in [0, 0.05) is 11.0 Å². The normalized spacial score (nSPS) is 11.4. The minimum absolute atomic E-state index is 0.110. The molecule has 2 rings (SSSR count). The molecule has 1 aromatic carbocycles. The van der Waals surface area contributed by atoms with Gasteiger partial charge in [-0.05, 0) is 25.5 Å². The molecule has 1 heterocycles. The fourth-order valence-corrected chi connectivity index (χ4v) is 2.48. The average Bonchev–Trinajstić information content (AvgIpc) is 2.71. The Balaban J connectivity index is 2.71. The Bertz CT molecular complexity index is 709. The predicted molar refractivity (Wildman–Crippen MR) is 89.1 cm³/mol. The molecule has 3 nitrogen and oxygen atoms in total. The smallest absolute Gasteiger partial charge is 0.132 e. The standard InChI is InChI=1S/C18H23N3/c1-7-10-21-16(19)15(20-17(21)18(4,5)6)14-11-12(2)8-9-13(14)3/h1,8-9,11H,10,19H2,2-6H3. The van der Waals surface area contributed by atoms with Crippen LogP contribution in [0.1, 0.15) is 37.7 Å². The predicted octanol–water partition coefficient (Wildman–Crippen LogP) is 3.68. The van der Waals surface area contributed by atoms with E-state index in [1.54, 1.807) is 0 Å². The number of imidazole rings is 1. The maximum atomic E-state index is 6.34. The van der Waals surface area contributed by atoms with Crippen LogP contribution in [0.15, 0.2) is 18.2 Å². The van der Waals surface area contributed by atoms with Gasteiger partial charge >= 0.3 is 0 Å². The second kappa shape index (κ2) is 5.29. The van der Waals surface area contributed by atoms with Crippen molar-refractivity contribution in [2.24, 2.45) is 0 Å². The van der Waals surface area contributed by atoms with E-state index >= 15 is 0 Å². The molecule has 2 aromatic rings. The van der Waals surface area contributed by atoms with Gasteiger partial charge in [-0.1, -0.05) is 44.4 Å². The molecule has 1 aromatic heterocycles. The van der Waals surface area contributed by atoms with Crippen molar-refractivity contribution in [2.75, 3.05) is 5.73 Å². The van der Waals surface area contributed by atoms with Gasteiger partial charge in [-0.25, -0.2) is 4.98 Å². The highest BCUT2D eigenvalue weighted by atomic mass is 15.1. The molecule has 0 atom stereocenters. The fourth-order valence-electron chi connectivity index (χ4n) is 2.48. The van der Waals surface area contributed by atoms with Crippen LogP contribution in [0.25, 0.3) is 11.3 Å². The van der Waals surface area contributed by atoms with E-state index < -0.39 is 0 Å². The number of hydrogen-bond acceptors (Lipinski definition) is 2. The summed E-state index contributed by atoms with van der Waals surface area (Å²) in [6.45, 7) is 10.9. The number of aromatic nitrogens is 2. The summed E-state index contributed by atoms with van der Waals surface area (Å²) in [5, 5.41) is 0. The highest BCUT2D eigenvalue weighted by Gasteiger charge is 2.25. The molecule has 0 aliphatic heterocycles. The van der Waals surface area contributed by atoms with E-state index in [0.717, 1.165) is 22.6 Å². The number of nitrogens with zero attached hydrogens (tertiary/aromatic N) is 2. The van der Waals surface area contributed by atoms with E-state index in [4.69, 9.17) is 17.1 Å². The van der Waals surface area contributed by atoms with E-state index in [0.29, 0.717) is 12.4 Å². The van der Waals surface area contributed by atoms with Crippen LogP contribution in [0, 0.1) is 26.2 Å². The largest absolute Gasteiger partial charge is 0.383 e. The van der Waals surface area contributed by atoms with Crippen molar-refractivity contribution in [3.63, 3.8) is 0 Å². The molecule has 21 heavy (non-hydrogen) atoms. The molecule has 0 radical (unpaired) electrons. The van der Waals surface area contributed by atoms with Gasteiger partial charge in [-0.3, -0.25) is 0 Å². The maximum absolute atomic E-state index is 6.34. The number of terminal acetylenes is 1. The molecule has 0 fully saturated rings. The fraction of sp³-hybridized carbons (Fsp3) is 0.389. The Morgan fingerprint density at radius 1 is 1.29 bits per heavy atom. The van der Waals surface area contributed by atoms with Crippen molar-refractivity contribution in [1.29, 1.82) is 0 Å². The highest BCUT2D eigenvalue weighted by Crippen LogP contribution is 2.33. The van der Waals surface area contributed by atoms with Crippen molar-refractivity contribution in [3.05, 3.63) is 35.2 Å². The summed E-state index contributed by atoms with van der Waals surface area (Å²) in [5.41, 5.74) is 10.5. The van der Waals surface area contributed by atoms with Crippen molar-refractivity contribution in [1.82, 2.24) is 9.55 Å². The molecule has 0 aliphatic carbocycles. The van der Waals surface area contributed by atoms with Crippen LogP contribution in [-0.2, 0) is 12.0 Å². The number of rotatable bonds is 2. The Hall–Kier alpha value is -2.21. The zero-order chi connectivity index (χ0) is 15.8. The number of nitrogens with two attached hydrogens (primary N) is 1. The van der Waals surface area contributed by atoms with Crippen molar-refractivity contribution in [2.45, 2.75) is 46.6 Å². The highest BCUT2D eigenvalue weighted by molar-refractivity contribution is 5.74. The Kier molecular flexibility index (Phi) is 3.82. The number of hydrogen-bond donors (Lipinski definition) is 1. The summed E-state index contributed by atoms with van der Waals surface area (Å²) in [5.74, 6) is 4.24. The summed E-state index contributed by atoms with van der Waals surface area (Å²) in [6.07, 6.45) is 5.49. The number of benzene rings is 1. The van der Waals surface area contributed by atoms with Crippen LogP contribution in [0.5, 0.6) is 0 Å². The third-order valence-electron chi connectivity index (χ3n) is 3.58. The first-order valence-corrected chi connectivity index (χ1v) is 7.13. The maximum Gasteiger partial charge on any atom is 0.132 e. The lowest BCUT2D eigenvalue weighted by atomic mass is 9.95. The molecule has 0 unspecified atom stereocenters. The lowest BCUT2D eigenvalue weighted by Crippen LogP contribution is -2.19. The first-order valence-electron chi connectivity index (χ1n) is 7.13. The van der Waals surface area contributed by atoms with Gasteiger partial charge in [0.2, 0.25) is 0 Å². The Morgan fingerprint density at radius 3 is 2.52 bits per heavy atom. The first kappa shape index (κ1) is 15.2. The van der Waals surface area contributed by atoms with E-state index in [9.17, 15) is 0 Å². The molecule has 0 aliphatic rings.